The van der Waals surface area contributed by atoms with Crippen LogP contribution in [0.5, 0.6) is 0 Å². The highest BCUT2D eigenvalue weighted by Crippen LogP contribution is 2.35. The molecule has 0 aromatic carbocycles. The van der Waals surface area contributed by atoms with Gasteiger partial charge in [-0.05, 0) is 5.54 Å². The Morgan fingerprint density at radius 3 is 1.88 bits per heavy atom. The molecule has 0 unspecified atom stereocenters. The van der Waals surface area contributed by atoms with Gasteiger partial charge < -0.3 is 0 Å². The third-order valence-electron chi connectivity index (χ3n) is 1.76. The third-order valence-corrected chi connectivity index (χ3v) is 5.27. The normalized spacial score (nSPS) is 22.9. The highest BCUT2D eigenvalue weighted by atomic mass is 35.7. The van der Waals surface area contributed by atoms with Crippen molar-refractivity contribution in [2.24, 2.45) is 0 Å². The molecule has 0 saturated heterocycles. The minimum atomic E-state index is -1.28. The second-order valence-corrected chi connectivity index (χ2v) is 7.48. The summed E-state index contributed by atoms with van der Waals surface area (Å²) in [7, 11) is -1.28. The lowest BCUT2D eigenvalue weighted by Gasteiger charge is -2.04. The zero-order valence-electron chi connectivity index (χ0n) is 4.74. The van der Waals surface area contributed by atoms with Crippen molar-refractivity contribution in [1.82, 2.24) is 0 Å². The molecule has 0 N–H and O–H groups in total. The van der Waals surface area contributed by atoms with Gasteiger partial charge in [0.05, 0.1) is 0 Å². The molecule has 0 spiro atoms. The Balaban J connectivity index is 2.24. The molecule has 0 aliphatic heterocycles. The second kappa shape index (κ2) is 3.09. The first-order chi connectivity index (χ1) is 3.80. The molecular weight excluding hydrogens is 159 g/mol. The Bertz CT molecular complexity index is 68.8. The van der Waals surface area contributed by atoms with Crippen molar-refractivity contribution in [2.45, 2.75) is 31.2 Å². The predicted octanol–water partition coefficient (Wildman–Crippen LogP) is 2.63. The minimum absolute atomic E-state index is 0.735. The summed E-state index contributed by atoms with van der Waals surface area (Å²) in [6, 6.07) is 0. The van der Waals surface area contributed by atoms with Crippen LogP contribution in [0.2, 0.25) is 5.54 Å². The molecule has 0 aromatic heterocycles. The van der Waals surface area contributed by atoms with Crippen molar-refractivity contribution in [3.8, 4) is 0 Å². The van der Waals surface area contributed by atoms with Crippen molar-refractivity contribution < 1.29 is 0 Å². The summed E-state index contributed by atoms with van der Waals surface area (Å²) in [5.41, 5.74) is 0.735. The van der Waals surface area contributed by atoms with Crippen molar-refractivity contribution in [3.63, 3.8) is 0 Å². The summed E-state index contributed by atoms with van der Waals surface area (Å²) < 4.78 is 0. The molecule has 1 rings (SSSR count). The average Bonchev–Trinajstić information content (AvgIpc) is 2.12. The number of hydrogen-bond donors (Lipinski definition) is 0. The number of halogens is 2. The molecule has 1 aliphatic carbocycles. The van der Waals surface area contributed by atoms with Gasteiger partial charge in [0.15, 0.2) is 0 Å². The van der Waals surface area contributed by atoms with E-state index in [1.165, 1.54) is 25.7 Å². The Labute approximate surface area is 61.2 Å². The fraction of sp³-hybridized carbons (Fsp3) is 1.00. The molecule has 0 radical (unpaired) electrons. The topological polar surface area (TPSA) is 0 Å². The van der Waals surface area contributed by atoms with Crippen molar-refractivity contribution in [2.75, 3.05) is 0 Å². The molecule has 0 aromatic rings. The maximum atomic E-state index is 5.79. The van der Waals surface area contributed by atoms with Gasteiger partial charge in [-0.1, -0.05) is 25.7 Å². The van der Waals surface area contributed by atoms with Crippen LogP contribution in [0, 0.1) is 0 Å². The fourth-order valence-corrected chi connectivity index (χ4v) is 3.70. The fourth-order valence-electron chi connectivity index (χ4n) is 1.21. The van der Waals surface area contributed by atoms with Crippen molar-refractivity contribution in [3.05, 3.63) is 0 Å². The zero-order chi connectivity index (χ0) is 5.98. The van der Waals surface area contributed by atoms with Crippen LogP contribution in [0.4, 0.5) is 0 Å². The maximum absolute atomic E-state index is 5.79. The van der Waals surface area contributed by atoms with Gasteiger partial charge in [0.1, 0.15) is 0 Å². The first-order valence-electron chi connectivity index (χ1n) is 3.09. The Kier molecular flexibility index (Phi) is 2.67. The molecule has 48 valence electrons. The lowest BCUT2D eigenvalue weighted by Crippen LogP contribution is -2.01. The van der Waals surface area contributed by atoms with E-state index in [1.54, 1.807) is 0 Å². The van der Waals surface area contributed by atoms with Gasteiger partial charge in [-0.2, -0.15) is 22.2 Å². The van der Waals surface area contributed by atoms with E-state index < -0.39 is 7.42 Å². The molecule has 0 amide bonds. The Morgan fingerprint density at radius 1 is 1.12 bits per heavy atom. The molecule has 0 heterocycles. The van der Waals surface area contributed by atoms with Crippen molar-refractivity contribution >= 4 is 29.6 Å². The molecule has 0 nitrogen and oxygen atoms in total. The van der Waals surface area contributed by atoms with Gasteiger partial charge in [0.25, 0.3) is 0 Å². The summed E-state index contributed by atoms with van der Waals surface area (Å²) in [6.45, 7) is 0. The summed E-state index contributed by atoms with van der Waals surface area (Å²) in [4.78, 5) is 0. The lowest BCUT2D eigenvalue weighted by atomic mass is 10.4. The van der Waals surface area contributed by atoms with Crippen LogP contribution in [0.25, 0.3) is 0 Å². The van der Waals surface area contributed by atoms with Crippen LogP contribution in [-0.4, -0.2) is 7.42 Å². The van der Waals surface area contributed by atoms with E-state index >= 15 is 0 Å². The van der Waals surface area contributed by atoms with Gasteiger partial charge >= 0.3 is 0 Å². The maximum Gasteiger partial charge on any atom is 0.240 e. The highest BCUT2D eigenvalue weighted by molar-refractivity contribution is 7.34. The van der Waals surface area contributed by atoms with Crippen LogP contribution in [0.15, 0.2) is 0 Å². The van der Waals surface area contributed by atoms with Gasteiger partial charge in [-0.25, -0.2) is 0 Å². The quantitative estimate of drug-likeness (QED) is 0.418. The van der Waals surface area contributed by atoms with E-state index in [2.05, 4.69) is 0 Å². The predicted molar refractivity (Wildman–Crippen MR) is 41.1 cm³/mol. The molecule has 0 bridgehead atoms. The van der Waals surface area contributed by atoms with E-state index in [4.69, 9.17) is 22.2 Å². The van der Waals surface area contributed by atoms with Gasteiger partial charge in [0, 0.05) is 0 Å². The summed E-state index contributed by atoms with van der Waals surface area (Å²) in [5, 5.41) is 0. The van der Waals surface area contributed by atoms with E-state index in [0.717, 1.165) is 5.54 Å². The first-order valence-corrected chi connectivity index (χ1v) is 7.24. The SMILES string of the molecule is Cl[SiH](Cl)C1CCCC1. The van der Waals surface area contributed by atoms with Crippen LogP contribution < -0.4 is 0 Å². The van der Waals surface area contributed by atoms with E-state index in [-0.39, 0.29) is 0 Å². The average molecular weight is 169 g/mol. The first kappa shape index (κ1) is 6.91. The van der Waals surface area contributed by atoms with Crippen LogP contribution in [0.1, 0.15) is 25.7 Å². The molecule has 1 aliphatic rings. The lowest BCUT2D eigenvalue weighted by molar-refractivity contribution is 0.872. The smallest absolute Gasteiger partial charge is 0.150 e. The highest BCUT2D eigenvalue weighted by Gasteiger charge is 2.22. The van der Waals surface area contributed by atoms with Gasteiger partial charge in [-0.3, -0.25) is 0 Å². The van der Waals surface area contributed by atoms with E-state index in [0.29, 0.717) is 0 Å². The van der Waals surface area contributed by atoms with Gasteiger partial charge in [-0.15, -0.1) is 0 Å². The van der Waals surface area contributed by atoms with Crippen molar-refractivity contribution in [1.29, 1.82) is 0 Å². The van der Waals surface area contributed by atoms with Crippen LogP contribution in [0.3, 0.4) is 0 Å². The molecule has 1 fully saturated rings. The zero-order valence-corrected chi connectivity index (χ0v) is 7.41. The summed E-state index contributed by atoms with van der Waals surface area (Å²) >= 11 is 11.6. The van der Waals surface area contributed by atoms with Crippen LogP contribution in [-0.2, 0) is 0 Å². The molecule has 1 saturated carbocycles. The Hall–Kier alpha value is 0.797. The largest absolute Gasteiger partial charge is 0.240 e. The Morgan fingerprint density at radius 2 is 1.62 bits per heavy atom. The summed E-state index contributed by atoms with van der Waals surface area (Å²) in [5.74, 6) is 0. The third kappa shape index (κ3) is 1.64. The molecule has 8 heavy (non-hydrogen) atoms. The van der Waals surface area contributed by atoms with Gasteiger partial charge in [0.2, 0.25) is 7.42 Å². The second-order valence-electron chi connectivity index (χ2n) is 2.38. The minimum Gasteiger partial charge on any atom is -0.150 e. The van der Waals surface area contributed by atoms with E-state index in [9.17, 15) is 0 Å². The summed E-state index contributed by atoms with van der Waals surface area (Å²) in [6.07, 6.45) is 5.30. The number of rotatable bonds is 1. The monoisotopic (exact) mass is 168 g/mol. The standard InChI is InChI=1S/C5H10Cl2Si/c6-8(7)5-3-1-2-4-5/h5,8H,1-4H2. The molecular formula is C5H10Cl2Si. The molecule has 3 heteroatoms. The number of hydrogen-bond acceptors (Lipinski definition) is 0. The van der Waals surface area contributed by atoms with Crippen LogP contribution >= 0.6 is 22.2 Å². The molecule has 0 atom stereocenters. The van der Waals surface area contributed by atoms with E-state index in [1.807, 2.05) is 0 Å².